The minimum atomic E-state index is -0.547. The number of benzene rings is 1. The summed E-state index contributed by atoms with van der Waals surface area (Å²) in [7, 11) is 0. The second-order valence-corrected chi connectivity index (χ2v) is 7.40. The van der Waals surface area contributed by atoms with E-state index in [1.54, 1.807) is 30.4 Å². The van der Waals surface area contributed by atoms with Crippen LogP contribution < -0.4 is 11.1 Å². The van der Waals surface area contributed by atoms with Gasteiger partial charge in [-0.3, -0.25) is 4.98 Å². The van der Waals surface area contributed by atoms with E-state index in [2.05, 4.69) is 25.3 Å². The third-order valence-corrected chi connectivity index (χ3v) is 5.10. The number of carbonyl (C=O) groups excluding carboxylic acids is 1. The summed E-state index contributed by atoms with van der Waals surface area (Å²) in [5.41, 5.74) is 8.01. The molecule has 3 heterocycles. The van der Waals surface area contributed by atoms with E-state index < -0.39 is 5.97 Å². The molecule has 0 saturated heterocycles. The Hall–Kier alpha value is -3.92. The van der Waals surface area contributed by atoms with Crippen molar-refractivity contribution in [3.05, 3.63) is 76.8 Å². The molecule has 4 rings (SSSR count). The van der Waals surface area contributed by atoms with Crippen LogP contribution in [-0.4, -0.2) is 25.9 Å². The second-order valence-electron chi connectivity index (χ2n) is 6.45. The van der Waals surface area contributed by atoms with E-state index in [-0.39, 0.29) is 30.1 Å². The van der Waals surface area contributed by atoms with Crippen molar-refractivity contribution in [2.75, 3.05) is 11.1 Å². The van der Waals surface area contributed by atoms with Crippen molar-refractivity contribution in [2.24, 2.45) is 0 Å². The van der Waals surface area contributed by atoms with Crippen molar-refractivity contribution in [3.63, 3.8) is 0 Å². The molecule has 0 fully saturated rings. The van der Waals surface area contributed by atoms with Gasteiger partial charge in [-0.1, -0.05) is 6.07 Å². The fourth-order valence-corrected chi connectivity index (χ4v) is 3.46. The van der Waals surface area contributed by atoms with E-state index in [9.17, 15) is 9.18 Å². The van der Waals surface area contributed by atoms with Crippen LogP contribution in [0.5, 0.6) is 0 Å². The Balaban J connectivity index is 1.44. The first-order valence-corrected chi connectivity index (χ1v) is 10.1. The van der Waals surface area contributed by atoms with E-state index in [4.69, 9.17) is 10.5 Å². The van der Waals surface area contributed by atoms with Gasteiger partial charge in [0.25, 0.3) is 0 Å². The number of carbonyl (C=O) groups is 1. The first-order valence-electron chi connectivity index (χ1n) is 9.19. The number of halogens is 1. The lowest BCUT2D eigenvalue weighted by Crippen LogP contribution is -2.12. The predicted octanol–water partition coefficient (Wildman–Crippen LogP) is 4.13. The van der Waals surface area contributed by atoms with Crippen molar-refractivity contribution in [2.45, 2.75) is 13.5 Å². The fraction of sp³-hybridized carbons (Fsp3) is 0.0952. The van der Waals surface area contributed by atoms with Gasteiger partial charge in [-0.15, -0.1) is 11.3 Å². The Labute approximate surface area is 181 Å². The number of nitrogens with one attached hydrogen (secondary N) is 1. The molecule has 4 aromatic rings. The highest BCUT2D eigenvalue weighted by Gasteiger charge is 2.15. The molecule has 3 aromatic heterocycles. The van der Waals surface area contributed by atoms with Crippen LogP contribution in [0.4, 0.5) is 22.0 Å². The molecule has 156 valence electrons. The molecular formula is C21H17FN6O2S. The monoisotopic (exact) mass is 436 g/mol. The molecule has 0 unspecified atom stereocenters. The molecule has 10 heteroatoms. The SMILES string of the molecule is Cc1nc(-c2cccs2)ccc1C(=O)OCc1nc(N)nc(Nc2ccc(F)cc2)n1. The summed E-state index contributed by atoms with van der Waals surface area (Å²) in [4.78, 5) is 30.2. The second kappa shape index (κ2) is 8.84. The summed E-state index contributed by atoms with van der Waals surface area (Å²) in [5, 5.41) is 4.87. The van der Waals surface area contributed by atoms with Gasteiger partial charge in [0, 0.05) is 5.69 Å². The summed E-state index contributed by atoms with van der Waals surface area (Å²) in [6.07, 6.45) is 0. The highest BCUT2D eigenvalue weighted by Crippen LogP contribution is 2.24. The molecule has 31 heavy (non-hydrogen) atoms. The van der Waals surface area contributed by atoms with Crippen LogP contribution in [-0.2, 0) is 11.3 Å². The lowest BCUT2D eigenvalue weighted by Gasteiger charge is -2.09. The number of aromatic nitrogens is 4. The van der Waals surface area contributed by atoms with Crippen molar-refractivity contribution in [3.8, 4) is 10.6 Å². The molecular weight excluding hydrogens is 419 g/mol. The minimum absolute atomic E-state index is 0.0381. The molecule has 0 bridgehead atoms. The molecule has 0 saturated carbocycles. The normalized spacial score (nSPS) is 10.6. The maximum atomic E-state index is 13.1. The van der Waals surface area contributed by atoms with E-state index in [1.807, 2.05) is 17.5 Å². The molecule has 0 radical (unpaired) electrons. The van der Waals surface area contributed by atoms with E-state index in [0.29, 0.717) is 16.9 Å². The van der Waals surface area contributed by atoms with Gasteiger partial charge in [0.1, 0.15) is 5.82 Å². The maximum absolute atomic E-state index is 13.1. The van der Waals surface area contributed by atoms with E-state index in [1.165, 1.54) is 24.3 Å². The van der Waals surface area contributed by atoms with Gasteiger partial charge in [0.05, 0.1) is 21.8 Å². The van der Waals surface area contributed by atoms with Gasteiger partial charge in [0.15, 0.2) is 12.4 Å². The van der Waals surface area contributed by atoms with Crippen LogP contribution in [0.25, 0.3) is 10.6 Å². The highest BCUT2D eigenvalue weighted by molar-refractivity contribution is 7.13. The van der Waals surface area contributed by atoms with Crippen molar-refractivity contribution < 1.29 is 13.9 Å². The lowest BCUT2D eigenvalue weighted by atomic mass is 10.2. The summed E-state index contributed by atoms with van der Waals surface area (Å²) in [5.74, 6) is -0.616. The van der Waals surface area contributed by atoms with Crippen molar-refractivity contribution in [1.82, 2.24) is 19.9 Å². The Kier molecular flexibility index (Phi) is 5.80. The van der Waals surface area contributed by atoms with Gasteiger partial charge in [-0.2, -0.15) is 15.0 Å². The summed E-state index contributed by atoms with van der Waals surface area (Å²) in [6.45, 7) is 1.55. The van der Waals surface area contributed by atoms with E-state index >= 15 is 0 Å². The average molecular weight is 436 g/mol. The summed E-state index contributed by atoms with van der Waals surface area (Å²) >= 11 is 1.57. The molecule has 0 spiro atoms. The molecule has 0 atom stereocenters. The molecule has 8 nitrogen and oxygen atoms in total. The smallest absolute Gasteiger partial charge is 0.340 e. The van der Waals surface area contributed by atoms with Crippen molar-refractivity contribution in [1.29, 1.82) is 0 Å². The number of pyridine rings is 1. The largest absolute Gasteiger partial charge is 0.454 e. The Morgan fingerprint density at radius 3 is 2.61 bits per heavy atom. The van der Waals surface area contributed by atoms with Crippen molar-refractivity contribution >= 4 is 34.9 Å². The van der Waals surface area contributed by atoms with Gasteiger partial charge in [-0.05, 0) is 54.8 Å². The zero-order valence-corrected chi connectivity index (χ0v) is 17.2. The Bertz CT molecular complexity index is 1220. The summed E-state index contributed by atoms with van der Waals surface area (Å²) in [6, 6.07) is 13.0. The third kappa shape index (κ3) is 4.98. The van der Waals surface area contributed by atoms with Gasteiger partial charge in [0.2, 0.25) is 11.9 Å². The Morgan fingerprint density at radius 2 is 1.90 bits per heavy atom. The number of aryl methyl sites for hydroxylation is 1. The fourth-order valence-electron chi connectivity index (χ4n) is 2.77. The van der Waals surface area contributed by atoms with E-state index in [0.717, 1.165) is 10.6 Å². The van der Waals surface area contributed by atoms with Gasteiger partial charge >= 0.3 is 5.97 Å². The topological polar surface area (TPSA) is 116 Å². The van der Waals surface area contributed by atoms with Crippen LogP contribution in [0.1, 0.15) is 21.9 Å². The third-order valence-electron chi connectivity index (χ3n) is 4.21. The van der Waals surface area contributed by atoms with Crippen LogP contribution >= 0.6 is 11.3 Å². The van der Waals surface area contributed by atoms with Gasteiger partial charge in [-0.25, -0.2) is 9.18 Å². The zero-order chi connectivity index (χ0) is 21.8. The zero-order valence-electron chi connectivity index (χ0n) is 16.4. The van der Waals surface area contributed by atoms with Crippen LogP contribution in [0.15, 0.2) is 53.9 Å². The van der Waals surface area contributed by atoms with Crippen LogP contribution in [0.2, 0.25) is 0 Å². The number of nitrogen functional groups attached to an aromatic ring is 1. The Morgan fingerprint density at radius 1 is 1.10 bits per heavy atom. The van der Waals surface area contributed by atoms with Crippen LogP contribution in [0.3, 0.4) is 0 Å². The average Bonchev–Trinajstić information content (AvgIpc) is 3.28. The first kappa shape index (κ1) is 20.4. The molecule has 1 aromatic carbocycles. The number of hydrogen-bond donors (Lipinski definition) is 2. The molecule has 3 N–H and O–H groups in total. The number of esters is 1. The highest BCUT2D eigenvalue weighted by atomic mass is 32.1. The first-order chi connectivity index (χ1) is 15.0. The maximum Gasteiger partial charge on any atom is 0.340 e. The number of hydrogen-bond acceptors (Lipinski definition) is 9. The van der Waals surface area contributed by atoms with Gasteiger partial charge < -0.3 is 15.8 Å². The summed E-state index contributed by atoms with van der Waals surface area (Å²) < 4.78 is 18.4. The number of nitrogens with zero attached hydrogens (tertiary/aromatic N) is 4. The standard InChI is InChI=1S/C21H17FN6O2S/c1-12-15(8-9-16(24-12)17-3-2-10-31-17)19(29)30-11-18-26-20(23)28-21(27-18)25-14-6-4-13(22)5-7-14/h2-10H,11H2,1H3,(H3,23,25,26,27,28). The number of ether oxygens (including phenoxy) is 1. The number of rotatable bonds is 6. The number of anilines is 3. The predicted molar refractivity (Wildman–Crippen MR) is 115 cm³/mol. The quantitative estimate of drug-likeness (QED) is 0.434. The molecule has 0 aliphatic rings. The number of nitrogens with two attached hydrogens (primary N) is 1. The number of thiophene rings is 1. The minimum Gasteiger partial charge on any atom is -0.454 e. The molecule has 0 amide bonds. The molecule has 0 aliphatic heterocycles. The lowest BCUT2D eigenvalue weighted by molar-refractivity contribution is 0.0461. The van der Waals surface area contributed by atoms with Crippen LogP contribution in [0, 0.1) is 12.7 Å². The molecule has 0 aliphatic carbocycles.